The zero-order valence-electron chi connectivity index (χ0n) is 20.2. The van der Waals surface area contributed by atoms with Crippen LogP contribution in [0.3, 0.4) is 0 Å². The van der Waals surface area contributed by atoms with E-state index in [4.69, 9.17) is 10.5 Å². The fraction of sp³-hybridized carbons (Fsp3) is 0.231. The third-order valence-electron chi connectivity index (χ3n) is 5.06. The Kier molecular flexibility index (Phi) is 7.78. The fourth-order valence-corrected chi connectivity index (χ4v) is 3.62. The van der Waals surface area contributed by atoms with Crippen LogP contribution in [-0.4, -0.2) is 34.2 Å². The molecule has 0 aliphatic carbocycles. The van der Waals surface area contributed by atoms with Gasteiger partial charge in [0.15, 0.2) is 0 Å². The van der Waals surface area contributed by atoms with Gasteiger partial charge in [0, 0.05) is 23.4 Å². The number of nitro groups is 1. The Hall–Kier alpha value is -4.60. The standard InChI is InChI=1S/C26H28N4O6/c1-26(2,3)36-25(33)29-24-20(31)14-18(13-16-9-11-19(12-10-16)30(34)35)23(28-15-21(27)32)22(24)17-7-5-4-6-8-17/h4-12,14,28,31H,13,15H2,1-3H3,(H2,27,32)(H,29,33). The van der Waals surface area contributed by atoms with Crippen LogP contribution >= 0.6 is 0 Å². The molecule has 3 aromatic rings. The number of nitrogens with zero attached hydrogens (tertiary/aromatic N) is 1. The number of hydrogen-bond acceptors (Lipinski definition) is 7. The number of nitrogens with two attached hydrogens (primary N) is 1. The van der Waals surface area contributed by atoms with Crippen molar-refractivity contribution in [3.63, 3.8) is 0 Å². The monoisotopic (exact) mass is 492 g/mol. The summed E-state index contributed by atoms with van der Waals surface area (Å²) in [5.41, 5.74) is 7.52. The van der Waals surface area contributed by atoms with E-state index in [1.54, 1.807) is 57.2 Å². The van der Waals surface area contributed by atoms with E-state index in [9.17, 15) is 24.8 Å². The van der Waals surface area contributed by atoms with Crippen LogP contribution in [0.2, 0.25) is 0 Å². The minimum absolute atomic E-state index is 0.0458. The van der Waals surface area contributed by atoms with Crippen molar-refractivity contribution in [2.75, 3.05) is 17.2 Å². The van der Waals surface area contributed by atoms with E-state index in [1.165, 1.54) is 18.2 Å². The number of anilines is 2. The number of benzene rings is 3. The van der Waals surface area contributed by atoms with Crippen molar-refractivity contribution in [1.29, 1.82) is 0 Å². The van der Waals surface area contributed by atoms with E-state index in [-0.39, 0.29) is 30.1 Å². The molecule has 3 rings (SSSR count). The lowest BCUT2D eigenvalue weighted by molar-refractivity contribution is -0.384. The van der Waals surface area contributed by atoms with Crippen molar-refractivity contribution in [1.82, 2.24) is 0 Å². The van der Waals surface area contributed by atoms with Crippen LogP contribution in [0.1, 0.15) is 31.9 Å². The third kappa shape index (κ3) is 6.72. The number of rotatable bonds is 8. The molecular formula is C26H28N4O6. The van der Waals surface area contributed by atoms with Crippen LogP contribution in [0.15, 0.2) is 60.7 Å². The van der Waals surface area contributed by atoms with Crippen molar-refractivity contribution in [2.45, 2.75) is 32.8 Å². The molecule has 0 fully saturated rings. The number of phenols is 1. The van der Waals surface area contributed by atoms with Gasteiger partial charge in [0.25, 0.3) is 5.69 Å². The number of ether oxygens (including phenoxy) is 1. The van der Waals surface area contributed by atoms with Gasteiger partial charge in [0.05, 0.1) is 17.2 Å². The second-order valence-electron chi connectivity index (χ2n) is 9.09. The van der Waals surface area contributed by atoms with E-state index < -0.39 is 22.5 Å². The topological polar surface area (TPSA) is 157 Å². The molecule has 3 aromatic carbocycles. The first-order chi connectivity index (χ1) is 16.9. The van der Waals surface area contributed by atoms with Crippen molar-refractivity contribution in [3.05, 3.63) is 81.9 Å². The molecule has 0 unspecified atom stereocenters. The molecule has 0 heterocycles. The molecule has 0 aliphatic heterocycles. The Morgan fingerprint density at radius 2 is 1.69 bits per heavy atom. The predicted molar refractivity (Wildman–Crippen MR) is 137 cm³/mol. The van der Waals surface area contributed by atoms with Crippen LogP contribution < -0.4 is 16.4 Å². The summed E-state index contributed by atoms with van der Waals surface area (Å²) < 4.78 is 5.37. The minimum atomic E-state index is -0.768. The predicted octanol–water partition coefficient (Wildman–Crippen LogP) is 4.80. The first kappa shape index (κ1) is 26.0. The lowest BCUT2D eigenvalue weighted by Gasteiger charge is -2.24. The molecule has 5 N–H and O–H groups in total. The van der Waals surface area contributed by atoms with Crippen LogP contribution in [0.5, 0.6) is 5.75 Å². The maximum atomic E-state index is 12.6. The van der Waals surface area contributed by atoms with Crippen molar-refractivity contribution in [2.24, 2.45) is 5.73 Å². The number of phenolic OH excluding ortho intramolecular Hbond substituents is 1. The zero-order chi connectivity index (χ0) is 26.5. The summed E-state index contributed by atoms with van der Waals surface area (Å²) in [7, 11) is 0. The number of hydrogen-bond donors (Lipinski definition) is 4. The van der Waals surface area contributed by atoms with Crippen molar-refractivity contribution < 1.29 is 24.4 Å². The molecule has 0 saturated heterocycles. The highest BCUT2D eigenvalue weighted by molar-refractivity contribution is 6.00. The number of amides is 2. The first-order valence-electron chi connectivity index (χ1n) is 11.1. The molecule has 0 aliphatic rings. The van der Waals surface area contributed by atoms with Crippen LogP contribution in [0.4, 0.5) is 21.9 Å². The summed E-state index contributed by atoms with van der Waals surface area (Å²) in [5, 5.41) is 27.7. The smallest absolute Gasteiger partial charge is 0.412 e. The molecule has 188 valence electrons. The third-order valence-corrected chi connectivity index (χ3v) is 5.06. The Labute approximate surface area is 208 Å². The number of aromatic hydroxyl groups is 1. The van der Waals surface area contributed by atoms with Gasteiger partial charge in [0.2, 0.25) is 5.91 Å². The average molecular weight is 493 g/mol. The van der Waals surface area contributed by atoms with Gasteiger partial charge >= 0.3 is 6.09 Å². The van der Waals surface area contributed by atoms with Crippen LogP contribution in [0, 0.1) is 10.1 Å². The van der Waals surface area contributed by atoms with Crippen LogP contribution in [0.25, 0.3) is 11.1 Å². The van der Waals surface area contributed by atoms with Gasteiger partial charge in [-0.3, -0.25) is 20.2 Å². The lowest BCUT2D eigenvalue weighted by atomic mass is 9.93. The van der Waals surface area contributed by atoms with E-state index in [2.05, 4.69) is 10.6 Å². The van der Waals surface area contributed by atoms with Crippen LogP contribution in [-0.2, 0) is 16.0 Å². The number of nitrogens with one attached hydrogen (secondary N) is 2. The number of carbonyl (C=O) groups is 2. The summed E-state index contributed by atoms with van der Waals surface area (Å²) in [5.74, 6) is -0.828. The molecule has 10 heteroatoms. The normalized spacial score (nSPS) is 11.0. The summed E-state index contributed by atoms with van der Waals surface area (Å²) >= 11 is 0. The van der Waals surface area contributed by atoms with E-state index >= 15 is 0 Å². The Morgan fingerprint density at radius 1 is 1.06 bits per heavy atom. The molecule has 0 aromatic heterocycles. The summed E-state index contributed by atoms with van der Waals surface area (Å²) in [4.78, 5) is 34.8. The maximum absolute atomic E-state index is 12.6. The highest BCUT2D eigenvalue weighted by atomic mass is 16.6. The molecular weight excluding hydrogens is 464 g/mol. The number of nitro benzene ring substituents is 1. The van der Waals surface area contributed by atoms with Gasteiger partial charge in [-0.25, -0.2) is 4.79 Å². The Morgan fingerprint density at radius 3 is 2.25 bits per heavy atom. The molecule has 0 spiro atoms. The lowest BCUT2D eigenvalue weighted by Crippen LogP contribution is -2.27. The van der Waals surface area contributed by atoms with Gasteiger partial charge in [-0.05, 0) is 49.9 Å². The van der Waals surface area contributed by atoms with Gasteiger partial charge in [0.1, 0.15) is 11.4 Å². The van der Waals surface area contributed by atoms with Gasteiger partial charge < -0.3 is 20.9 Å². The van der Waals surface area contributed by atoms with Gasteiger partial charge in [-0.1, -0.05) is 42.5 Å². The molecule has 0 bridgehead atoms. The van der Waals surface area contributed by atoms with E-state index in [0.717, 1.165) is 5.56 Å². The average Bonchev–Trinajstić information content (AvgIpc) is 2.79. The van der Waals surface area contributed by atoms with Gasteiger partial charge in [-0.2, -0.15) is 0 Å². The summed E-state index contributed by atoms with van der Waals surface area (Å²) in [6.45, 7) is 4.96. The minimum Gasteiger partial charge on any atom is -0.506 e. The van der Waals surface area contributed by atoms with Gasteiger partial charge in [-0.15, -0.1) is 0 Å². The number of primary amides is 1. The Balaban J connectivity index is 2.17. The SMILES string of the molecule is CC(C)(C)OC(=O)Nc1c(O)cc(Cc2ccc([N+](=O)[O-])cc2)c(NCC(N)=O)c1-c1ccccc1. The first-order valence-corrected chi connectivity index (χ1v) is 11.1. The molecule has 10 nitrogen and oxygen atoms in total. The molecule has 36 heavy (non-hydrogen) atoms. The molecule has 0 atom stereocenters. The molecule has 2 amide bonds. The fourth-order valence-electron chi connectivity index (χ4n) is 3.62. The second kappa shape index (κ2) is 10.8. The molecule has 0 saturated carbocycles. The number of non-ortho nitro benzene ring substituents is 1. The van der Waals surface area contributed by atoms with Crippen molar-refractivity contribution >= 4 is 29.1 Å². The maximum Gasteiger partial charge on any atom is 0.412 e. The zero-order valence-corrected chi connectivity index (χ0v) is 20.2. The Bertz CT molecular complexity index is 1270. The molecule has 0 radical (unpaired) electrons. The highest BCUT2D eigenvalue weighted by Gasteiger charge is 2.24. The second-order valence-corrected chi connectivity index (χ2v) is 9.09. The van der Waals surface area contributed by atoms with Crippen molar-refractivity contribution in [3.8, 4) is 16.9 Å². The van der Waals surface area contributed by atoms with E-state index in [0.29, 0.717) is 22.4 Å². The summed E-state index contributed by atoms with van der Waals surface area (Å²) in [6, 6.07) is 16.5. The van der Waals surface area contributed by atoms with E-state index in [1.807, 2.05) is 6.07 Å². The largest absolute Gasteiger partial charge is 0.506 e. The highest BCUT2D eigenvalue weighted by Crippen LogP contribution is 2.44. The summed E-state index contributed by atoms with van der Waals surface area (Å²) in [6.07, 6.45) is -0.502. The quantitative estimate of drug-likeness (QED) is 0.152. The number of carbonyl (C=O) groups excluding carboxylic acids is 2.